The molecule has 0 atom stereocenters. The second-order valence-electron chi connectivity index (χ2n) is 3.18. The number of carbonyl (C=O) groups excluding carboxylic acids is 1. The van der Waals surface area contributed by atoms with E-state index < -0.39 is 18.2 Å². The van der Waals surface area contributed by atoms with Crippen LogP contribution in [-0.4, -0.2) is 23.9 Å². The number of hydrogen-bond donors (Lipinski definition) is 0. The molecule has 1 rings (SSSR count). The molecule has 0 amide bonds. The lowest BCUT2D eigenvalue weighted by molar-refractivity contribution is -0.276. The van der Waals surface area contributed by atoms with Crippen LogP contribution in [0.15, 0.2) is 6.07 Å². The third kappa shape index (κ3) is 4.68. The van der Waals surface area contributed by atoms with Crippen LogP contribution in [0.3, 0.4) is 0 Å². The number of aromatic nitrogens is 1. The smallest absolute Gasteiger partial charge is 0.461 e. The summed E-state index contributed by atoms with van der Waals surface area (Å²) in [6.45, 7) is 1.64. The SMILES string of the molecule is CCOC(=O)c1nc(OC(F)(F)F)c(I)cc1CCl. The van der Waals surface area contributed by atoms with Crippen LogP contribution in [0.1, 0.15) is 23.0 Å². The summed E-state index contributed by atoms with van der Waals surface area (Å²) in [6.07, 6.45) is -4.89. The van der Waals surface area contributed by atoms with Crippen molar-refractivity contribution in [2.75, 3.05) is 6.61 Å². The summed E-state index contributed by atoms with van der Waals surface area (Å²) in [5.74, 6) is -1.63. The van der Waals surface area contributed by atoms with Crippen LogP contribution in [0.25, 0.3) is 0 Å². The number of carbonyl (C=O) groups is 1. The summed E-state index contributed by atoms with van der Waals surface area (Å²) >= 11 is 7.23. The van der Waals surface area contributed by atoms with E-state index in [0.29, 0.717) is 0 Å². The minimum Gasteiger partial charge on any atom is -0.461 e. The third-order valence-corrected chi connectivity index (χ3v) is 2.91. The highest BCUT2D eigenvalue weighted by Gasteiger charge is 2.33. The number of ether oxygens (including phenoxy) is 2. The Bertz CT molecular complexity index is 482. The molecule has 106 valence electrons. The Morgan fingerprint density at radius 1 is 1.53 bits per heavy atom. The van der Waals surface area contributed by atoms with Gasteiger partial charge in [-0.2, -0.15) is 0 Å². The average Bonchev–Trinajstić information content (AvgIpc) is 2.29. The highest BCUT2D eigenvalue weighted by atomic mass is 127. The fraction of sp³-hybridized carbons (Fsp3) is 0.400. The molecule has 0 bridgehead atoms. The molecule has 0 N–H and O–H groups in total. The van der Waals surface area contributed by atoms with Crippen LogP contribution in [0.5, 0.6) is 5.88 Å². The molecule has 0 saturated carbocycles. The first-order valence-electron chi connectivity index (χ1n) is 4.96. The standard InChI is InChI=1S/C10H8ClF3INO3/c1-2-18-9(17)7-5(4-11)3-6(15)8(16-7)19-10(12,13)14/h3H,2,4H2,1H3. The Kier molecular flexibility index (Phi) is 5.65. The first kappa shape index (κ1) is 16.3. The zero-order valence-electron chi connectivity index (χ0n) is 9.55. The van der Waals surface area contributed by atoms with Gasteiger partial charge >= 0.3 is 12.3 Å². The van der Waals surface area contributed by atoms with Crippen LogP contribution < -0.4 is 4.74 Å². The Hall–Kier alpha value is -0.770. The van der Waals surface area contributed by atoms with Gasteiger partial charge in [0.25, 0.3) is 0 Å². The number of rotatable bonds is 4. The molecule has 1 aromatic heterocycles. The summed E-state index contributed by atoms with van der Waals surface area (Å²) in [5, 5.41) is 0. The molecule has 19 heavy (non-hydrogen) atoms. The molecule has 0 unspecified atom stereocenters. The van der Waals surface area contributed by atoms with Gasteiger partial charge in [0, 0.05) is 11.4 Å². The molecule has 0 saturated heterocycles. The Labute approximate surface area is 125 Å². The van der Waals surface area contributed by atoms with Crippen molar-refractivity contribution in [1.29, 1.82) is 0 Å². The van der Waals surface area contributed by atoms with Gasteiger partial charge in [0.1, 0.15) is 0 Å². The largest absolute Gasteiger partial charge is 0.574 e. The van der Waals surface area contributed by atoms with Gasteiger partial charge < -0.3 is 9.47 Å². The van der Waals surface area contributed by atoms with Gasteiger partial charge in [-0.3, -0.25) is 0 Å². The van der Waals surface area contributed by atoms with Crippen LogP contribution >= 0.6 is 34.2 Å². The molecule has 1 aromatic rings. The molecule has 0 aromatic carbocycles. The second kappa shape index (κ2) is 6.60. The second-order valence-corrected chi connectivity index (χ2v) is 4.61. The zero-order chi connectivity index (χ0) is 14.6. The third-order valence-electron chi connectivity index (χ3n) is 1.85. The van der Waals surface area contributed by atoms with Crippen molar-refractivity contribution in [3.63, 3.8) is 0 Å². The van der Waals surface area contributed by atoms with Crippen LogP contribution in [0.4, 0.5) is 13.2 Å². The van der Waals surface area contributed by atoms with Crippen molar-refractivity contribution >= 4 is 40.2 Å². The number of halogens is 5. The summed E-state index contributed by atoms with van der Waals surface area (Å²) in [5.41, 5.74) is -0.00411. The topological polar surface area (TPSA) is 48.4 Å². The Balaban J connectivity index is 3.21. The minimum absolute atomic E-state index is 0.0731. The number of hydrogen-bond acceptors (Lipinski definition) is 4. The monoisotopic (exact) mass is 409 g/mol. The highest BCUT2D eigenvalue weighted by Crippen LogP contribution is 2.28. The molecule has 1 heterocycles. The van der Waals surface area contributed by atoms with Gasteiger partial charge in [-0.25, -0.2) is 9.78 Å². The van der Waals surface area contributed by atoms with Gasteiger partial charge in [0.2, 0.25) is 5.88 Å². The van der Waals surface area contributed by atoms with Crippen molar-refractivity contribution in [2.24, 2.45) is 0 Å². The highest BCUT2D eigenvalue weighted by molar-refractivity contribution is 14.1. The molecule has 0 fully saturated rings. The fourth-order valence-electron chi connectivity index (χ4n) is 1.17. The van der Waals surface area contributed by atoms with E-state index in [1.165, 1.54) is 6.07 Å². The molecule has 0 spiro atoms. The van der Waals surface area contributed by atoms with Gasteiger partial charge in [0.05, 0.1) is 10.2 Å². The van der Waals surface area contributed by atoms with E-state index in [-0.39, 0.29) is 27.3 Å². The van der Waals surface area contributed by atoms with Gasteiger partial charge in [-0.1, -0.05) is 0 Å². The van der Waals surface area contributed by atoms with Crippen molar-refractivity contribution < 1.29 is 27.4 Å². The maximum absolute atomic E-state index is 12.2. The predicted octanol–water partition coefficient (Wildman–Crippen LogP) is 3.50. The van der Waals surface area contributed by atoms with Crippen molar-refractivity contribution in [3.8, 4) is 5.88 Å². The van der Waals surface area contributed by atoms with Crippen molar-refractivity contribution in [3.05, 3.63) is 20.9 Å². The van der Waals surface area contributed by atoms with E-state index in [0.717, 1.165) is 0 Å². The number of nitrogens with zero attached hydrogens (tertiary/aromatic N) is 1. The summed E-state index contributed by atoms with van der Waals surface area (Å²) in [7, 11) is 0. The molecule has 0 aliphatic carbocycles. The van der Waals surface area contributed by atoms with Gasteiger partial charge in [-0.15, -0.1) is 24.8 Å². The molecular formula is C10H8ClF3INO3. The fourth-order valence-corrected chi connectivity index (χ4v) is 1.98. The number of alkyl halides is 4. The lowest BCUT2D eigenvalue weighted by Gasteiger charge is -2.12. The quantitative estimate of drug-likeness (QED) is 0.434. The first-order valence-corrected chi connectivity index (χ1v) is 6.58. The van der Waals surface area contributed by atoms with E-state index in [2.05, 4.69) is 9.72 Å². The maximum Gasteiger partial charge on any atom is 0.574 e. The number of pyridine rings is 1. The lowest BCUT2D eigenvalue weighted by atomic mass is 10.2. The van der Waals surface area contributed by atoms with E-state index in [9.17, 15) is 18.0 Å². The van der Waals surface area contributed by atoms with Crippen molar-refractivity contribution in [2.45, 2.75) is 19.2 Å². The summed E-state index contributed by atoms with van der Waals surface area (Å²) in [6, 6.07) is 1.30. The minimum atomic E-state index is -4.89. The number of esters is 1. The zero-order valence-corrected chi connectivity index (χ0v) is 12.5. The van der Waals surface area contributed by atoms with Crippen molar-refractivity contribution in [1.82, 2.24) is 4.98 Å². The predicted molar refractivity (Wildman–Crippen MR) is 69.2 cm³/mol. The molecular weight excluding hydrogens is 401 g/mol. The lowest BCUT2D eigenvalue weighted by Crippen LogP contribution is -2.20. The summed E-state index contributed by atoms with van der Waals surface area (Å²) in [4.78, 5) is 15.1. The van der Waals surface area contributed by atoms with E-state index in [1.54, 1.807) is 29.5 Å². The summed E-state index contributed by atoms with van der Waals surface area (Å²) < 4.78 is 45.1. The maximum atomic E-state index is 12.2. The first-order chi connectivity index (χ1) is 8.78. The normalized spacial score (nSPS) is 11.3. The van der Waals surface area contributed by atoms with E-state index in [1.807, 2.05) is 0 Å². The van der Waals surface area contributed by atoms with Crippen LogP contribution in [0, 0.1) is 3.57 Å². The Morgan fingerprint density at radius 3 is 2.63 bits per heavy atom. The van der Waals surface area contributed by atoms with E-state index >= 15 is 0 Å². The Morgan fingerprint density at radius 2 is 2.16 bits per heavy atom. The van der Waals surface area contributed by atoms with E-state index in [4.69, 9.17) is 16.3 Å². The van der Waals surface area contributed by atoms with Crippen LogP contribution in [-0.2, 0) is 10.6 Å². The van der Waals surface area contributed by atoms with Gasteiger partial charge in [-0.05, 0) is 35.6 Å². The van der Waals surface area contributed by atoms with Crippen LogP contribution in [0.2, 0.25) is 0 Å². The molecule has 0 aliphatic rings. The molecule has 0 aliphatic heterocycles. The molecule has 0 radical (unpaired) electrons. The average molecular weight is 410 g/mol. The molecule has 9 heteroatoms. The van der Waals surface area contributed by atoms with Gasteiger partial charge in [0.15, 0.2) is 5.69 Å². The molecule has 4 nitrogen and oxygen atoms in total.